The van der Waals surface area contributed by atoms with Crippen molar-refractivity contribution in [3.8, 4) is 0 Å². The smallest absolute Gasteiger partial charge is 0.127 e. The molecule has 0 fully saturated rings. The van der Waals surface area contributed by atoms with E-state index in [4.69, 9.17) is 11.6 Å². The average Bonchev–Trinajstić information content (AvgIpc) is 2.42. The van der Waals surface area contributed by atoms with E-state index in [1.165, 1.54) is 6.07 Å². The van der Waals surface area contributed by atoms with E-state index >= 15 is 0 Å². The van der Waals surface area contributed by atoms with Gasteiger partial charge in [-0.25, -0.2) is 4.39 Å². The SMILES string of the molecule is CCNC(Cc1ccc(Cl)cc1F)c1ncccc1Br. The van der Waals surface area contributed by atoms with Crippen molar-refractivity contribution in [2.75, 3.05) is 6.54 Å². The van der Waals surface area contributed by atoms with Crippen LogP contribution in [0.2, 0.25) is 5.02 Å². The number of aromatic nitrogens is 1. The van der Waals surface area contributed by atoms with Gasteiger partial charge in [0.25, 0.3) is 0 Å². The quantitative estimate of drug-likeness (QED) is 0.850. The summed E-state index contributed by atoms with van der Waals surface area (Å²) < 4.78 is 14.8. The van der Waals surface area contributed by atoms with Gasteiger partial charge in [-0.2, -0.15) is 0 Å². The molecule has 1 heterocycles. The van der Waals surface area contributed by atoms with Gasteiger partial charge in [-0.05, 0) is 58.7 Å². The van der Waals surface area contributed by atoms with Gasteiger partial charge in [0.1, 0.15) is 5.82 Å². The van der Waals surface area contributed by atoms with Crippen molar-refractivity contribution >= 4 is 27.5 Å². The number of rotatable bonds is 5. The second-order valence-electron chi connectivity index (χ2n) is 4.42. The Morgan fingerprint density at radius 1 is 1.40 bits per heavy atom. The van der Waals surface area contributed by atoms with E-state index in [1.807, 2.05) is 19.1 Å². The van der Waals surface area contributed by atoms with Crippen LogP contribution in [0.1, 0.15) is 24.2 Å². The minimum absolute atomic E-state index is 0.0498. The summed E-state index contributed by atoms with van der Waals surface area (Å²) in [6.07, 6.45) is 2.26. The number of nitrogens with one attached hydrogen (secondary N) is 1. The zero-order valence-corrected chi connectivity index (χ0v) is 13.4. The van der Waals surface area contributed by atoms with E-state index in [0.29, 0.717) is 17.0 Å². The summed E-state index contributed by atoms with van der Waals surface area (Å²) in [5.41, 5.74) is 1.50. The maximum absolute atomic E-state index is 13.9. The Kier molecular flexibility index (Phi) is 5.52. The third-order valence-electron chi connectivity index (χ3n) is 3.01. The topological polar surface area (TPSA) is 24.9 Å². The van der Waals surface area contributed by atoms with Crippen molar-refractivity contribution in [2.24, 2.45) is 0 Å². The van der Waals surface area contributed by atoms with Crippen LogP contribution in [0.15, 0.2) is 41.0 Å². The van der Waals surface area contributed by atoms with Gasteiger partial charge in [0.2, 0.25) is 0 Å². The van der Waals surface area contributed by atoms with Crippen molar-refractivity contribution in [1.82, 2.24) is 10.3 Å². The predicted octanol–water partition coefficient (Wildman–Crippen LogP) is 4.53. The molecule has 106 valence electrons. The van der Waals surface area contributed by atoms with Gasteiger partial charge in [-0.1, -0.05) is 24.6 Å². The van der Waals surface area contributed by atoms with Gasteiger partial charge in [0, 0.05) is 15.7 Å². The molecule has 0 saturated heterocycles. The van der Waals surface area contributed by atoms with E-state index in [-0.39, 0.29) is 11.9 Å². The number of pyridine rings is 1. The Hall–Kier alpha value is -0.970. The van der Waals surface area contributed by atoms with E-state index in [0.717, 1.165) is 16.7 Å². The molecule has 20 heavy (non-hydrogen) atoms. The minimum atomic E-state index is -0.285. The Balaban J connectivity index is 2.28. The van der Waals surface area contributed by atoms with E-state index in [2.05, 4.69) is 26.2 Å². The summed E-state index contributed by atoms with van der Waals surface area (Å²) in [5.74, 6) is -0.285. The average molecular weight is 358 g/mol. The first-order valence-corrected chi connectivity index (χ1v) is 7.56. The van der Waals surface area contributed by atoms with Crippen LogP contribution in [0.25, 0.3) is 0 Å². The molecule has 0 saturated carbocycles. The summed E-state index contributed by atoms with van der Waals surface area (Å²) in [5, 5.41) is 3.75. The van der Waals surface area contributed by atoms with Crippen LogP contribution in [0.4, 0.5) is 4.39 Å². The molecule has 0 aliphatic rings. The Morgan fingerprint density at radius 2 is 2.20 bits per heavy atom. The zero-order valence-electron chi connectivity index (χ0n) is 11.0. The summed E-state index contributed by atoms with van der Waals surface area (Å²) in [7, 11) is 0. The maximum atomic E-state index is 13.9. The highest BCUT2D eigenvalue weighted by Crippen LogP contribution is 2.25. The molecule has 1 N–H and O–H groups in total. The van der Waals surface area contributed by atoms with Crippen LogP contribution in [0.3, 0.4) is 0 Å². The lowest BCUT2D eigenvalue weighted by Gasteiger charge is -2.19. The van der Waals surface area contributed by atoms with Gasteiger partial charge in [-0.15, -0.1) is 0 Å². The third kappa shape index (κ3) is 3.78. The van der Waals surface area contributed by atoms with Gasteiger partial charge < -0.3 is 5.32 Å². The minimum Gasteiger partial charge on any atom is -0.309 e. The summed E-state index contributed by atoms with van der Waals surface area (Å²) in [4.78, 5) is 4.38. The predicted molar refractivity (Wildman–Crippen MR) is 83.5 cm³/mol. The lowest BCUT2D eigenvalue weighted by molar-refractivity contribution is 0.516. The number of halogens is 3. The fourth-order valence-corrected chi connectivity index (χ4v) is 2.76. The van der Waals surface area contributed by atoms with Crippen molar-refractivity contribution in [2.45, 2.75) is 19.4 Å². The fourth-order valence-electron chi connectivity index (χ4n) is 2.07. The number of benzene rings is 1. The van der Waals surface area contributed by atoms with Crippen LogP contribution in [-0.2, 0) is 6.42 Å². The van der Waals surface area contributed by atoms with Crippen LogP contribution >= 0.6 is 27.5 Å². The Labute approximate surface area is 131 Å². The highest BCUT2D eigenvalue weighted by Gasteiger charge is 2.17. The molecule has 2 nitrogen and oxygen atoms in total. The second-order valence-corrected chi connectivity index (χ2v) is 5.71. The standard InChI is InChI=1S/C15H15BrClFN2/c1-2-19-14(15-12(16)4-3-7-20-15)8-10-5-6-11(17)9-13(10)18/h3-7,9,14,19H,2,8H2,1H3. The van der Waals surface area contributed by atoms with Crippen LogP contribution in [-0.4, -0.2) is 11.5 Å². The molecule has 1 atom stereocenters. The summed E-state index contributed by atoms with van der Waals surface area (Å²) in [6.45, 7) is 2.80. The molecule has 2 rings (SSSR count). The first-order valence-electron chi connectivity index (χ1n) is 6.39. The Bertz CT molecular complexity index is 592. The van der Waals surface area contributed by atoms with Crippen LogP contribution in [0, 0.1) is 5.82 Å². The number of likely N-dealkylation sites (N-methyl/N-ethyl adjacent to an activating group) is 1. The first-order chi connectivity index (χ1) is 9.61. The normalized spacial score (nSPS) is 12.4. The van der Waals surface area contributed by atoms with E-state index in [1.54, 1.807) is 18.3 Å². The highest BCUT2D eigenvalue weighted by molar-refractivity contribution is 9.10. The van der Waals surface area contributed by atoms with Gasteiger partial charge in [0.05, 0.1) is 11.7 Å². The van der Waals surface area contributed by atoms with Gasteiger partial charge in [0.15, 0.2) is 0 Å². The molecule has 0 amide bonds. The van der Waals surface area contributed by atoms with Crippen LogP contribution in [0.5, 0.6) is 0 Å². The molecule has 0 bridgehead atoms. The zero-order chi connectivity index (χ0) is 14.5. The molecular weight excluding hydrogens is 343 g/mol. The monoisotopic (exact) mass is 356 g/mol. The second kappa shape index (κ2) is 7.16. The molecule has 1 aromatic heterocycles. The van der Waals surface area contributed by atoms with E-state index < -0.39 is 0 Å². The third-order valence-corrected chi connectivity index (χ3v) is 3.91. The van der Waals surface area contributed by atoms with Crippen molar-refractivity contribution in [1.29, 1.82) is 0 Å². The molecule has 1 unspecified atom stereocenters. The summed E-state index contributed by atoms with van der Waals surface area (Å²) in [6, 6.07) is 8.51. The first kappa shape index (κ1) is 15.4. The molecule has 2 aromatic rings. The highest BCUT2D eigenvalue weighted by atomic mass is 79.9. The van der Waals surface area contributed by atoms with Crippen molar-refractivity contribution in [3.63, 3.8) is 0 Å². The maximum Gasteiger partial charge on any atom is 0.127 e. The van der Waals surface area contributed by atoms with Crippen LogP contribution < -0.4 is 5.32 Å². The largest absolute Gasteiger partial charge is 0.309 e. The van der Waals surface area contributed by atoms with Gasteiger partial charge >= 0.3 is 0 Å². The molecule has 5 heteroatoms. The molecule has 0 aliphatic carbocycles. The van der Waals surface area contributed by atoms with E-state index in [9.17, 15) is 4.39 Å². The summed E-state index contributed by atoms with van der Waals surface area (Å²) >= 11 is 9.27. The number of hydrogen-bond donors (Lipinski definition) is 1. The molecule has 0 aliphatic heterocycles. The van der Waals surface area contributed by atoms with Crippen molar-refractivity contribution in [3.05, 3.63) is 63.1 Å². The molecular formula is C15H15BrClFN2. The number of nitrogens with zero attached hydrogens (tertiary/aromatic N) is 1. The molecule has 1 aromatic carbocycles. The molecule has 0 spiro atoms. The lowest BCUT2D eigenvalue weighted by atomic mass is 10.0. The molecule has 0 radical (unpaired) electrons. The Morgan fingerprint density at radius 3 is 2.85 bits per heavy atom. The number of hydrogen-bond acceptors (Lipinski definition) is 2. The fraction of sp³-hybridized carbons (Fsp3) is 0.267. The van der Waals surface area contributed by atoms with Gasteiger partial charge in [-0.3, -0.25) is 4.98 Å². The lowest BCUT2D eigenvalue weighted by Crippen LogP contribution is -2.24. The van der Waals surface area contributed by atoms with Crippen molar-refractivity contribution < 1.29 is 4.39 Å².